The Kier molecular flexibility index (Phi) is 11.0. The van der Waals surface area contributed by atoms with E-state index < -0.39 is 0 Å². The highest BCUT2D eigenvalue weighted by Crippen LogP contribution is 2.30. The molecule has 198 valence electrons. The van der Waals surface area contributed by atoms with Crippen molar-refractivity contribution in [2.75, 3.05) is 36.8 Å². The summed E-state index contributed by atoms with van der Waals surface area (Å²) in [7, 11) is 1.92. The molecule has 1 aliphatic heterocycles. The maximum Gasteiger partial charge on any atom is 0.306 e. The van der Waals surface area contributed by atoms with E-state index in [-0.39, 0.29) is 23.5 Å². The molecule has 0 spiro atoms. The molecule has 1 heterocycles. The van der Waals surface area contributed by atoms with Crippen molar-refractivity contribution in [1.82, 2.24) is 10.2 Å². The summed E-state index contributed by atoms with van der Waals surface area (Å²) in [5, 5.41) is 3.21. The smallest absolute Gasteiger partial charge is 0.306 e. The number of halogens is 2. The van der Waals surface area contributed by atoms with Crippen LogP contribution in [0.5, 0.6) is 0 Å². The summed E-state index contributed by atoms with van der Waals surface area (Å²) in [6, 6.07) is 8.38. The largest absolute Gasteiger partial charge is 0.462 e. The monoisotopic (exact) mass is 535 g/mol. The van der Waals surface area contributed by atoms with Gasteiger partial charge in [0, 0.05) is 61.3 Å². The van der Waals surface area contributed by atoms with Crippen molar-refractivity contribution in [2.24, 2.45) is 0 Å². The summed E-state index contributed by atoms with van der Waals surface area (Å²) < 4.78 is 5.75. The lowest BCUT2D eigenvalue weighted by molar-refractivity contribution is -0.151. The number of nitrogens with one attached hydrogen (secondary N) is 1. The summed E-state index contributed by atoms with van der Waals surface area (Å²) >= 11 is 11.8. The molecule has 1 aromatic carbocycles. The predicted molar refractivity (Wildman–Crippen MR) is 148 cm³/mol. The minimum absolute atomic E-state index is 0.0111. The lowest BCUT2D eigenvalue weighted by Gasteiger charge is -2.38. The Morgan fingerprint density at radius 3 is 2.42 bits per heavy atom. The molecule has 3 rings (SSSR count). The molecule has 1 fully saturated rings. The molecular formula is C28H39Cl2N3O3. The van der Waals surface area contributed by atoms with Crippen LogP contribution in [0.1, 0.15) is 57.4 Å². The fraction of sp³-hybridized carbons (Fsp3) is 0.571. The first-order chi connectivity index (χ1) is 17.3. The zero-order valence-corrected chi connectivity index (χ0v) is 23.0. The number of aryl methyl sites for hydroxylation is 1. The van der Waals surface area contributed by atoms with Crippen LogP contribution in [0.4, 0.5) is 5.69 Å². The number of nitrogens with zero attached hydrogens (tertiary/aromatic N) is 2. The van der Waals surface area contributed by atoms with E-state index in [1.807, 2.05) is 30.4 Å². The standard InChI is InChI=1S/C28H39Cl2N3O3/c1-28(31-27(35)23-6-4-18-32(2)21-23)14-12-25(13-15-28)36-26(34)7-3-5-22-8-10-24(11-9-22)33(19-16-29)20-17-30/h4,8-11,18,21,25H,3,5-7,12-17,19-20H2,1-2H3,(H,31,35). The van der Waals surface area contributed by atoms with E-state index in [9.17, 15) is 9.59 Å². The van der Waals surface area contributed by atoms with Crippen LogP contribution in [-0.2, 0) is 20.7 Å². The number of ether oxygens (including phenoxy) is 1. The number of allylic oxidation sites excluding steroid dienone is 1. The van der Waals surface area contributed by atoms with E-state index >= 15 is 0 Å². The molecule has 0 saturated heterocycles. The molecule has 1 saturated carbocycles. The Morgan fingerprint density at radius 2 is 1.81 bits per heavy atom. The molecule has 0 atom stereocenters. The minimum atomic E-state index is -0.268. The van der Waals surface area contributed by atoms with Crippen molar-refractivity contribution in [3.8, 4) is 0 Å². The minimum Gasteiger partial charge on any atom is -0.462 e. The van der Waals surface area contributed by atoms with E-state index in [0.29, 0.717) is 24.6 Å². The van der Waals surface area contributed by atoms with Gasteiger partial charge in [-0.1, -0.05) is 18.2 Å². The third kappa shape index (κ3) is 8.74. The van der Waals surface area contributed by atoms with Gasteiger partial charge in [0.25, 0.3) is 0 Å². The highest BCUT2D eigenvalue weighted by Gasteiger charge is 2.34. The van der Waals surface area contributed by atoms with E-state index in [4.69, 9.17) is 27.9 Å². The van der Waals surface area contributed by atoms with Crippen LogP contribution in [0.25, 0.3) is 0 Å². The lowest BCUT2D eigenvalue weighted by atomic mass is 9.81. The Bertz CT molecular complexity index is 918. The first-order valence-electron chi connectivity index (χ1n) is 12.9. The van der Waals surface area contributed by atoms with Crippen LogP contribution < -0.4 is 10.2 Å². The summed E-state index contributed by atoms with van der Waals surface area (Å²) in [5.74, 6) is 0.970. The summed E-state index contributed by atoms with van der Waals surface area (Å²) in [6.07, 6.45) is 11.5. The average molecular weight is 537 g/mol. The van der Waals surface area contributed by atoms with Gasteiger partial charge >= 0.3 is 5.97 Å². The number of alkyl halides is 2. The number of amides is 1. The Hall–Kier alpha value is -2.18. The summed E-state index contributed by atoms with van der Waals surface area (Å²) in [4.78, 5) is 29.2. The number of esters is 1. The number of hydrogen-bond acceptors (Lipinski definition) is 5. The van der Waals surface area contributed by atoms with Gasteiger partial charge in [-0.2, -0.15) is 0 Å². The molecule has 0 bridgehead atoms. The van der Waals surface area contributed by atoms with Gasteiger partial charge in [0.1, 0.15) is 6.10 Å². The SMILES string of the molecule is CN1C=CCC(C(=O)NC2(C)CCC(OC(=O)CCCc3ccc(N(CCCl)CCCl)cc3)CC2)=C1. The quantitative estimate of drug-likeness (QED) is 0.287. The zero-order chi connectivity index (χ0) is 26.0. The van der Waals surface area contributed by atoms with Crippen LogP contribution in [-0.4, -0.2) is 60.3 Å². The first kappa shape index (κ1) is 28.4. The van der Waals surface area contributed by atoms with Crippen LogP contribution in [0.15, 0.2) is 48.3 Å². The van der Waals surface area contributed by atoms with Crippen molar-refractivity contribution in [2.45, 2.75) is 69.9 Å². The predicted octanol–water partition coefficient (Wildman–Crippen LogP) is 5.39. The molecule has 1 amide bonds. The molecule has 8 heteroatoms. The summed E-state index contributed by atoms with van der Waals surface area (Å²) in [5.41, 5.74) is 2.81. The molecule has 1 N–H and O–H groups in total. The van der Waals surface area contributed by atoms with Crippen molar-refractivity contribution < 1.29 is 14.3 Å². The van der Waals surface area contributed by atoms with Crippen molar-refractivity contribution in [1.29, 1.82) is 0 Å². The number of carbonyl (C=O) groups is 2. The molecule has 0 aromatic heterocycles. The second kappa shape index (κ2) is 13.9. The highest BCUT2D eigenvalue weighted by atomic mass is 35.5. The number of rotatable bonds is 12. The van der Waals surface area contributed by atoms with Gasteiger partial charge in [-0.05, 0) is 75.8 Å². The van der Waals surface area contributed by atoms with Gasteiger partial charge in [0.15, 0.2) is 0 Å². The molecule has 0 radical (unpaired) electrons. The second-order valence-corrected chi connectivity index (χ2v) is 10.8. The van der Waals surface area contributed by atoms with Gasteiger partial charge in [-0.15, -0.1) is 23.2 Å². The normalized spacial score (nSPS) is 21.6. The van der Waals surface area contributed by atoms with Gasteiger partial charge < -0.3 is 19.9 Å². The van der Waals surface area contributed by atoms with Crippen molar-refractivity contribution in [3.63, 3.8) is 0 Å². The van der Waals surface area contributed by atoms with Crippen LogP contribution in [0.2, 0.25) is 0 Å². The molecular weight excluding hydrogens is 497 g/mol. The van der Waals surface area contributed by atoms with Crippen LogP contribution in [0, 0.1) is 0 Å². The van der Waals surface area contributed by atoms with Gasteiger partial charge in [-0.3, -0.25) is 9.59 Å². The molecule has 2 aliphatic rings. The number of hydrogen-bond donors (Lipinski definition) is 1. The maximum atomic E-state index is 12.7. The third-order valence-corrected chi connectivity index (χ3v) is 7.27. The fourth-order valence-electron chi connectivity index (χ4n) is 4.79. The van der Waals surface area contributed by atoms with Gasteiger partial charge in [-0.25, -0.2) is 0 Å². The third-order valence-electron chi connectivity index (χ3n) is 6.94. The zero-order valence-electron chi connectivity index (χ0n) is 21.5. The van der Waals surface area contributed by atoms with E-state index in [1.54, 1.807) is 0 Å². The number of anilines is 1. The van der Waals surface area contributed by atoms with Crippen molar-refractivity contribution >= 4 is 40.8 Å². The van der Waals surface area contributed by atoms with Crippen molar-refractivity contribution in [3.05, 3.63) is 53.9 Å². The van der Waals surface area contributed by atoms with Gasteiger partial charge in [0.2, 0.25) is 5.91 Å². The first-order valence-corrected chi connectivity index (χ1v) is 14.0. The second-order valence-electron chi connectivity index (χ2n) is 10.00. The Morgan fingerprint density at radius 1 is 1.14 bits per heavy atom. The van der Waals surface area contributed by atoms with E-state index in [1.165, 1.54) is 5.56 Å². The van der Waals surface area contributed by atoms with Crippen LogP contribution >= 0.6 is 23.2 Å². The topological polar surface area (TPSA) is 61.9 Å². The molecule has 1 aliphatic carbocycles. The lowest BCUT2D eigenvalue weighted by Crippen LogP contribution is -2.50. The van der Waals surface area contributed by atoms with Gasteiger partial charge in [0.05, 0.1) is 0 Å². The summed E-state index contributed by atoms with van der Waals surface area (Å²) in [6.45, 7) is 3.61. The number of benzene rings is 1. The maximum absolute atomic E-state index is 12.7. The molecule has 36 heavy (non-hydrogen) atoms. The van der Waals surface area contributed by atoms with E-state index in [0.717, 1.165) is 62.9 Å². The van der Waals surface area contributed by atoms with Crippen LogP contribution in [0.3, 0.4) is 0 Å². The molecule has 0 unspecified atom stereocenters. The molecule has 6 nitrogen and oxygen atoms in total. The number of carbonyl (C=O) groups excluding carboxylic acids is 2. The Labute approximate surface area is 225 Å². The van der Waals surface area contributed by atoms with E-state index in [2.05, 4.69) is 41.4 Å². The highest BCUT2D eigenvalue weighted by molar-refractivity contribution is 6.18. The fourth-order valence-corrected chi connectivity index (χ4v) is 5.20. The Balaban J connectivity index is 1.36. The average Bonchev–Trinajstić information content (AvgIpc) is 2.86. The molecule has 1 aromatic rings.